The molecule has 0 aromatic heterocycles. The quantitative estimate of drug-likeness (QED) is 0.683. The Balaban J connectivity index is 2.49. The first-order valence-electron chi connectivity index (χ1n) is 5.02. The lowest BCUT2D eigenvalue weighted by atomic mass is 9.99. The van der Waals surface area contributed by atoms with Gasteiger partial charge in [-0.15, -0.1) is 0 Å². The van der Waals surface area contributed by atoms with Gasteiger partial charge >= 0.3 is 0 Å². The molecule has 0 amide bonds. The molecule has 0 aliphatic carbocycles. The fourth-order valence-electron chi connectivity index (χ4n) is 1.72. The van der Waals surface area contributed by atoms with Crippen molar-refractivity contribution in [3.05, 3.63) is 59.7 Å². The first kappa shape index (κ1) is 9.91. The number of hydrogen-bond donors (Lipinski definition) is 0. The summed E-state index contributed by atoms with van der Waals surface area (Å²) >= 11 is 0. The first-order chi connectivity index (χ1) is 7.31. The molecule has 0 fully saturated rings. The van der Waals surface area contributed by atoms with E-state index in [-0.39, 0.29) is 0 Å². The van der Waals surface area contributed by atoms with Crippen LogP contribution in [0.1, 0.15) is 11.1 Å². The van der Waals surface area contributed by atoms with Crippen LogP contribution >= 0.6 is 0 Å². The molecular weight excluding hydrogens is 187 g/mol. The van der Waals surface area contributed by atoms with Crippen LogP contribution in [-0.4, -0.2) is 0 Å². The topological polar surface area (TPSA) is 0 Å². The molecule has 2 aromatic rings. The van der Waals surface area contributed by atoms with Gasteiger partial charge in [-0.3, -0.25) is 0 Å². The second-order valence-electron chi connectivity index (χ2n) is 3.65. The molecule has 0 saturated heterocycles. The van der Waals surface area contributed by atoms with Gasteiger partial charge < -0.3 is 0 Å². The summed E-state index contributed by atoms with van der Waals surface area (Å²) in [6.07, 6.45) is 0. The minimum atomic E-state index is -0.403. The highest BCUT2D eigenvalue weighted by molar-refractivity contribution is 5.67. The molecule has 0 heterocycles. The van der Waals surface area contributed by atoms with Gasteiger partial charge in [-0.05, 0) is 35.2 Å². The molecule has 0 radical (unpaired) electrons. The molecule has 0 unspecified atom stereocenters. The van der Waals surface area contributed by atoms with Gasteiger partial charge in [-0.1, -0.05) is 42.5 Å². The maximum atomic E-state index is 12.5. The standard InChI is InChI=1S/C14H13F/c1-11-5-2-3-8-14(11)13-7-4-6-12(9-13)10-15/h2-9H,10H2,1H3. The van der Waals surface area contributed by atoms with E-state index in [4.69, 9.17) is 0 Å². The van der Waals surface area contributed by atoms with E-state index in [2.05, 4.69) is 19.1 Å². The molecule has 0 spiro atoms. The minimum Gasteiger partial charge on any atom is -0.246 e. The van der Waals surface area contributed by atoms with Crippen LogP contribution in [-0.2, 0) is 6.67 Å². The molecule has 0 bridgehead atoms. The average molecular weight is 200 g/mol. The Morgan fingerprint density at radius 2 is 1.80 bits per heavy atom. The molecule has 15 heavy (non-hydrogen) atoms. The van der Waals surface area contributed by atoms with E-state index in [0.29, 0.717) is 0 Å². The van der Waals surface area contributed by atoms with Crippen LogP contribution in [0, 0.1) is 6.92 Å². The first-order valence-corrected chi connectivity index (χ1v) is 5.02. The zero-order valence-electron chi connectivity index (χ0n) is 8.70. The predicted molar refractivity (Wildman–Crippen MR) is 61.4 cm³/mol. The van der Waals surface area contributed by atoms with Crippen LogP contribution < -0.4 is 0 Å². The third kappa shape index (κ3) is 2.07. The van der Waals surface area contributed by atoms with E-state index in [0.717, 1.165) is 11.1 Å². The Bertz CT molecular complexity index is 460. The van der Waals surface area contributed by atoms with Gasteiger partial charge in [0.15, 0.2) is 0 Å². The Kier molecular flexibility index (Phi) is 2.82. The zero-order chi connectivity index (χ0) is 10.7. The van der Waals surface area contributed by atoms with Crippen LogP contribution in [0.4, 0.5) is 4.39 Å². The van der Waals surface area contributed by atoms with E-state index in [9.17, 15) is 4.39 Å². The van der Waals surface area contributed by atoms with Crippen molar-refractivity contribution in [2.45, 2.75) is 13.6 Å². The zero-order valence-corrected chi connectivity index (χ0v) is 8.70. The summed E-state index contributed by atoms with van der Waals surface area (Å²) in [5, 5.41) is 0. The smallest absolute Gasteiger partial charge is 0.115 e. The van der Waals surface area contributed by atoms with Crippen molar-refractivity contribution in [3.63, 3.8) is 0 Å². The highest BCUT2D eigenvalue weighted by atomic mass is 19.1. The number of rotatable bonds is 2. The van der Waals surface area contributed by atoms with Crippen LogP contribution in [0.15, 0.2) is 48.5 Å². The van der Waals surface area contributed by atoms with Gasteiger partial charge in [0.2, 0.25) is 0 Å². The van der Waals surface area contributed by atoms with Gasteiger partial charge in [0.1, 0.15) is 6.67 Å². The number of alkyl halides is 1. The molecule has 0 saturated carbocycles. The fourth-order valence-corrected chi connectivity index (χ4v) is 1.72. The number of benzene rings is 2. The van der Waals surface area contributed by atoms with Crippen molar-refractivity contribution in [1.82, 2.24) is 0 Å². The molecule has 2 aromatic carbocycles. The van der Waals surface area contributed by atoms with E-state index in [1.165, 1.54) is 11.1 Å². The van der Waals surface area contributed by atoms with Crippen molar-refractivity contribution < 1.29 is 4.39 Å². The van der Waals surface area contributed by atoms with Crippen molar-refractivity contribution in [2.75, 3.05) is 0 Å². The van der Waals surface area contributed by atoms with Crippen LogP contribution in [0.25, 0.3) is 11.1 Å². The summed E-state index contributed by atoms with van der Waals surface area (Å²) in [6, 6.07) is 15.8. The largest absolute Gasteiger partial charge is 0.246 e. The molecule has 2 rings (SSSR count). The highest BCUT2D eigenvalue weighted by Gasteiger charge is 2.01. The molecule has 0 atom stereocenters. The van der Waals surface area contributed by atoms with Gasteiger partial charge in [0.05, 0.1) is 0 Å². The molecular formula is C14H13F. The van der Waals surface area contributed by atoms with Crippen molar-refractivity contribution in [2.24, 2.45) is 0 Å². The summed E-state index contributed by atoms with van der Waals surface area (Å²) in [6.45, 7) is 1.66. The van der Waals surface area contributed by atoms with Gasteiger partial charge in [-0.2, -0.15) is 0 Å². The molecule has 0 aliphatic rings. The third-order valence-electron chi connectivity index (χ3n) is 2.54. The second-order valence-corrected chi connectivity index (χ2v) is 3.65. The van der Waals surface area contributed by atoms with Crippen molar-refractivity contribution >= 4 is 0 Å². The van der Waals surface area contributed by atoms with Gasteiger partial charge in [0, 0.05) is 0 Å². The summed E-state index contributed by atoms with van der Waals surface area (Å²) in [5.41, 5.74) is 4.21. The third-order valence-corrected chi connectivity index (χ3v) is 2.54. The lowest BCUT2D eigenvalue weighted by molar-refractivity contribution is 0.485. The van der Waals surface area contributed by atoms with E-state index in [1.807, 2.05) is 36.4 Å². The SMILES string of the molecule is Cc1ccccc1-c1cccc(CF)c1. The Hall–Kier alpha value is -1.63. The highest BCUT2D eigenvalue weighted by Crippen LogP contribution is 2.23. The number of aryl methyl sites for hydroxylation is 1. The van der Waals surface area contributed by atoms with Crippen molar-refractivity contribution in [3.8, 4) is 11.1 Å². The Labute approximate surface area is 89.4 Å². The van der Waals surface area contributed by atoms with E-state index >= 15 is 0 Å². The maximum absolute atomic E-state index is 12.5. The number of halogens is 1. The van der Waals surface area contributed by atoms with Crippen LogP contribution in [0.3, 0.4) is 0 Å². The monoisotopic (exact) mass is 200 g/mol. The molecule has 0 N–H and O–H groups in total. The number of hydrogen-bond acceptors (Lipinski definition) is 0. The Morgan fingerprint density at radius 3 is 2.53 bits per heavy atom. The lowest BCUT2D eigenvalue weighted by Gasteiger charge is -2.06. The van der Waals surface area contributed by atoms with E-state index < -0.39 is 6.67 Å². The minimum absolute atomic E-state index is 0.403. The molecule has 0 nitrogen and oxygen atoms in total. The normalized spacial score (nSPS) is 10.3. The van der Waals surface area contributed by atoms with Crippen LogP contribution in [0.5, 0.6) is 0 Å². The molecule has 1 heteroatoms. The van der Waals surface area contributed by atoms with Crippen molar-refractivity contribution in [1.29, 1.82) is 0 Å². The summed E-state index contributed by atoms with van der Waals surface area (Å²) < 4.78 is 12.5. The summed E-state index contributed by atoms with van der Waals surface area (Å²) in [5.74, 6) is 0. The average Bonchev–Trinajstić information content (AvgIpc) is 2.30. The molecule has 76 valence electrons. The summed E-state index contributed by atoms with van der Waals surface area (Å²) in [4.78, 5) is 0. The fraction of sp³-hybridized carbons (Fsp3) is 0.143. The lowest BCUT2D eigenvalue weighted by Crippen LogP contribution is -1.84. The van der Waals surface area contributed by atoms with Gasteiger partial charge in [-0.25, -0.2) is 4.39 Å². The summed E-state index contributed by atoms with van der Waals surface area (Å²) in [7, 11) is 0. The predicted octanol–water partition coefficient (Wildman–Crippen LogP) is 4.13. The maximum Gasteiger partial charge on any atom is 0.115 e. The van der Waals surface area contributed by atoms with E-state index in [1.54, 1.807) is 0 Å². The Morgan fingerprint density at radius 1 is 1.00 bits per heavy atom. The molecule has 0 aliphatic heterocycles. The second kappa shape index (κ2) is 4.26. The van der Waals surface area contributed by atoms with Crippen LogP contribution in [0.2, 0.25) is 0 Å². The van der Waals surface area contributed by atoms with Gasteiger partial charge in [0.25, 0.3) is 0 Å².